The molecule has 9 nitrogen and oxygen atoms in total. The van der Waals surface area contributed by atoms with Crippen molar-refractivity contribution in [2.24, 2.45) is 0 Å². The van der Waals surface area contributed by atoms with E-state index >= 15 is 0 Å². The van der Waals surface area contributed by atoms with Gasteiger partial charge in [0.15, 0.2) is 0 Å². The molecule has 1 aliphatic rings. The molecule has 0 saturated carbocycles. The van der Waals surface area contributed by atoms with Crippen LogP contribution in [0.1, 0.15) is 41.0 Å². The van der Waals surface area contributed by atoms with Gasteiger partial charge in [-0.15, -0.1) is 0 Å². The summed E-state index contributed by atoms with van der Waals surface area (Å²) in [4.78, 5) is 26.0. The van der Waals surface area contributed by atoms with E-state index in [4.69, 9.17) is 19.2 Å². The predicted octanol–water partition coefficient (Wildman–Crippen LogP) is 3.98. The van der Waals surface area contributed by atoms with Crippen LogP contribution in [0, 0.1) is 0 Å². The first-order valence-electron chi connectivity index (χ1n) is 12.4. The van der Waals surface area contributed by atoms with Crippen molar-refractivity contribution in [1.82, 2.24) is 20.2 Å². The molecule has 1 saturated heterocycles. The molecule has 1 aliphatic heterocycles. The molecule has 2 aromatic heterocycles. The Balaban J connectivity index is 1.89. The normalized spacial score (nSPS) is 16.2. The fourth-order valence-electron chi connectivity index (χ4n) is 4.01. The lowest BCUT2D eigenvalue weighted by atomic mass is 10.1. The number of carbonyl (C=O) groups is 1. The molecule has 2 aromatic rings. The largest absolute Gasteiger partial charge is 0.477 e. The maximum Gasteiger partial charge on any atom is 0.410 e. The first-order chi connectivity index (χ1) is 16.8. The van der Waals surface area contributed by atoms with Crippen LogP contribution in [0.3, 0.4) is 0 Å². The van der Waals surface area contributed by atoms with Gasteiger partial charge in [0.2, 0.25) is 11.8 Å². The van der Waals surface area contributed by atoms with Gasteiger partial charge in [0.25, 0.3) is 0 Å². The van der Waals surface area contributed by atoms with E-state index in [-0.39, 0.29) is 12.1 Å². The van der Waals surface area contributed by atoms with Crippen LogP contribution in [-0.4, -0.2) is 79.0 Å². The van der Waals surface area contributed by atoms with Crippen molar-refractivity contribution in [3.05, 3.63) is 30.5 Å². The van der Waals surface area contributed by atoms with Crippen LogP contribution >= 0.6 is 0 Å². The van der Waals surface area contributed by atoms with Crippen LogP contribution < -0.4 is 19.7 Å². The Morgan fingerprint density at radius 2 is 1.94 bits per heavy atom. The quantitative estimate of drug-likeness (QED) is 0.534. The lowest BCUT2D eigenvalue weighted by Gasteiger charge is -2.42. The number of rotatable bonds is 9. The van der Waals surface area contributed by atoms with Crippen molar-refractivity contribution in [1.29, 1.82) is 0 Å². The molecule has 1 fully saturated rings. The first kappa shape index (κ1) is 26.5. The number of hydrogen-bond donors (Lipinski definition) is 1. The monoisotopic (exact) mass is 485 g/mol. The minimum atomic E-state index is -0.517. The van der Waals surface area contributed by atoms with Gasteiger partial charge in [-0.1, -0.05) is 6.92 Å². The minimum Gasteiger partial charge on any atom is -0.477 e. The third-order valence-corrected chi connectivity index (χ3v) is 5.67. The van der Waals surface area contributed by atoms with Crippen molar-refractivity contribution >= 4 is 11.8 Å². The molecule has 0 aromatic carbocycles. The Hall–Kier alpha value is -3.07. The molecule has 192 valence electrons. The van der Waals surface area contributed by atoms with Crippen LogP contribution in [-0.2, 0) is 4.74 Å². The van der Waals surface area contributed by atoms with Gasteiger partial charge in [-0.25, -0.2) is 14.8 Å². The summed E-state index contributed by atoms with van der Waals surface area (Å²) in [5.41, 5.74) is 1.96. The fraction of sp³-hybridized carbons (Fsp3) is 0.577. The van der Waals surface area contributed by atoms with Crippen LogP contribution in [0.15, 0.2) is 30.5 Å². The number of piperazine rings is 1. The van der Waals surface area contributed by atoms with Gasteiger partial charge in [0.1, 0.15) is 17.9 Å². The summed E-state index contributed by atoms with van der Waals surface area (Å²) in [5.74, 6) is 1.11. The highest BCUT2D eigenvalue weighted by Gasteiger charge is 2.33. The number of carbonyl (C=O) groups excluding carboxylic acids is 1. The van der Waals surface area contributed by atoms with Crippen LogP contribution in [0.2, 0.25) is 0 Å². The zero-order valence-electron chi connectivity index (χ0n) is 21.8. The smallest absolute Gasteiger partial charge is 0.410 e. The fourth-order valence-corrected chi connectivity index (χ4v) is 4.01. The summed E-state index contributed by atoms with van der Waals surface area (Å²) in [6, 6.07) is 7.97. The maximum absolute atomic E-state index is 12.7. The molecular weight excluding hydrogens is 446 g/mol. The van der Waals surface area contributed by atoms with E-state index in [1.54, 1.807) is 11.1 Å². The molecule has 0 unspecified atom stereocenters. The van der Waals surface area contributed by atoms with E-state index in [0.717, 1.165) is 23.4 Å². The second-order valence-electron chi connectivity index (χ2n) is 9.44. The zero-order chi connectivity index (χ0) is 25.4. The minimum absolute atomic E-state index is 0.118. The summed E-state index contributed by atoms with van der Waals surface area (Å²) in [6.07, 6.45) is 2.31. The number of pyridine rings is 2. The third kappa shape index (κ3) is 6.97. The average Bonchev–Trinajstić information content (AvgIpc) is 2.83. The zero-order valence-corrected chi connectivity index (χ0v) is 21.8. The van der Waals surface area contributed by atoms with Gasteiger partial charge in [0, 0.05) is 38.4 Å². The molecule has 35 heavy (non-hydrogen) atoms. The highest BCUT2D eigenvalue weighted by molar-refractivity contribution is 5.71. The lowest BCUT2D eigenvalue weighted by Crippen LogP contribution is -2.55. The molecule has 1 N–H and O–H groups in total. The molecule has 3 rings (SSSR count). The Morgan fingerprint density at radius 3 is 2.63 bits per heavy atom. The summed E-state index contributed by atoms with van der Waals surface area (Å²) in [6.45, 7) is 13.3. The van der Waals surface area contributed by atoms with E-state index in [2.05, 4.69) is 22.1 Å². The van der Waals surface area contributed by atoms with Crippen molar-refractivity contribution in [2.75, 3.05) is 51.3 Å². The molecule has 0 aliphatic carbocycles. The van der Waals surface area contributed by atoms with Gasteiger partial charge in [0.05, 0.1) is 17.9 Å². The Bertz CT molecular complexity index is 978. The number of aromatic nitrogens is 2. The molecule has 1 atom stereocenters. The Labute approximate surface area is 208 Å². The number of hydrogen-bond acceptors (Lipinski definition) is 8. The Kier molecular flexibility index (Phi) is 9.14. The van der Waals surface area contributed by atoms with Gasteiger partial charge in [-0.3, -0.25) is 0 Å². The van der Waals surface area contributed by atoms with Gasteiger partial charge < -0.3 is 29.3 Å². The van der Waals surface area contributed by atoms with Crippen LogP contribution in [0.4, 0.5) is 10.5 Å². The highest BCUT2D eigenvalue weighted by Crippen LogP contribution is 2.35. The van der Waals surface area contributed by atoms with Gasteiger partial charge >= 0.3 is 6.09 Å². The maximum atomic E-state index is 12.7. The second-order valence-corrected chi connectivity index (χ2v) is 9.44. The third-order valence-electron chi connectivity index (χ3n) is 5.67. The van der Waals surface area contributed by atoms with Gasteiger partial charge in [-0.2, -0.15) is 0 Å². The molecule has 0 radical (unpaired) electrons. The van der Waals surface area contributed by atoms with E-state index < -0.39 is 5.60 Å². The first-order valence-corrected chi connectivity index (χ1v) is 12.4. The van der Waals surface area contributed by atoms with Crippen molar-refractivity contribution in [3.8, 4) is 23.0 Å². The van der Waals surface area contributed by atoms with Gasteiger partial charge in [-0.05, 0) is 65.4 Å². The van der Waals surface area contributed by atoms with E-state index in [0.29, 0.717) is 51.2 Å². The summed E-state index contributed by atoms with van der Waals surface area (Å²) in [7, 11) is 1.89. The van der Waals surface area contributed by atoms with E-state index in [1.165, 1.54) is 0 Å². The number of nitrogens with one attached hydrogen (secondary N) is 1. The van der Waals surface area contributed by atoms with Crippen LogP contribution in [0.25, 0.3) is 11.3 Å². The average molecular weight is 486 g/mol. The van der Waals surface area contributed by atoms with Crippen molar-refractivity contribution in [2.45, 2.75) is 52.7 Å². The summed E-state index contributed by atoms with van der Waals surface area (Å²) in [5, 5.41) is 3.11. The summed E-state index contributed by atoms with van der Waals surface area (Å²) >= 11 is 0. The molecule has 0 bridgehead atoms. The van der Waals surface area contributed by atoms with E-state index in [9.17, 15) is 4.79 Å². The molecule has 3 heterocycles. The molecule has 1 amide bonds. The second kappa shape index (κ2) is 12.1. The number of amides is 1. The molecule has 0 spiro atoms. The number of anilines is 1. The SMILES string of the molecule is CCOc1ncccc1-c1ccc(N2CCN(C(=O)OC(C)(C)C)C[C@H]2CC)c(OCCNC)n1. The van der Waals surface area contributed by atoms with E-state index in [1.807, 2.05) is 59.0 Å². The number of ether oxygens (including phenoxy) is 3. The molecular formula is C26H39N5O4. The summed E-state index contributed by atoms with van der Waals surface area (Å²) < 4.78 is 17.5. The van der Waals surface area contributed by atoms with Crippen molar-refractivity contribution < 1.29 is 19.0 Å². The van der Waals surface area contributed by atoms with Crippen molar-refractivity contribution in [3.63, 3.8) is 0 Å². The highest BCUT2D eigenvalue weighted by atomic mass is 16.6. The standard InChI is InChI=1S/C26H39N5O4/c1-7-19-18-30(25(32)35-26(3,4)5)15-16-31(19)22-12-11-21(29-24(22)34-17-14-27-6)20-10-9-13-28-23(20)33-8-2/h9-13,19,27H,7-8,14-18H2,1-6H3/t19-/m1/s1. The van der Waals surface area contributed by atoms with Crippen LogP contribution in [0.5, 0.6) is 11.8 Å². The predicted molar refractivity (Wildman–Crippen MR) is 137 cm³/mol. The number of likely N-dealkylation sites (N-methyl/N-ethyl adjacent to an activating group) is 1. The number of nitrogens with zero attached hydrogens (tertiary/aromatic N) is 4. The lowest BCUT2D eigenvalue weighted by molar-refractivity contribution is 0.0213. The molecule has 9 heteroatoms. The topological polar surface area (TPSA) is 89.1 Å². The Morgan fingerprint density at radius 1 is 1.14 bits per heavy atom.